The summed E-state index contributed by atoms with van der Waals surface area (Å²) in [6.07, 6.45) is -27.0. The molecule has 0 amide bonds. The fourth-order valence-corrected chi connectivity index (χ4v) is 6.38. The van der Waals surface area contributed by atoms with Crippen LogP contribution in [-0.2, 0) is 9.47 Å². The molecule has 0 heterocycles. The molecule has 36 heavy (non-hydrogen) atoms. The summed E-state index contributed by atoms with van der Waals surface area (Å²) in [5.74, 6) is -9.21. The SMILES string of the molecule is CCCOC(CC1CC2C(C)C(C)C1C2C(OCCC)(C(F)(F)F)C(F)(F)F)(C(F)(F)F)C(F)(F)F. The van der Waals surface area contributed by atoms with Gasteiger partial charge in [0, 0.05) is 19.1 Å². The maximum atomic E-state index is 14.3. The van der Waals surface area contributed by atoms with Gasteiger partial charge in [-0.05, 0) is 55.3 Å². The molecule has 0 aliphatic heterocycles. The molecule has 2 aliphatic carbocycles. The molecule has 0 aromatic carbocycles. The average Bonchev–Trinajstić information content (AvgIpc) is 3.15. The Kier molecular flexibility index (Phi) is 8.69. The second-order valence-corrected chi connectivity index (χ2v) is 9.94. The van der Waals surface area contributed by atoms with Gasteiger partial charge in [0.25, 0.3) is 11.2 Å². The Hall–Kier alpha value is -0.920. The van der Waals surface area contributed by atoms with Gasteiger partial charge in [-0.1, -0.05) is 27.7 Å². The zero-order chi connectivity index (χ0) is 28.1. The largest absolute Gasteiger partial charge is 0.426 e. The molecule has 2 aliphatic rings. The van der Waals surface area contributed by atoms with Gasteiger partial charge in [-0.2, -0.15) is 52.7 Å². The number of hydrogen-bond acceptors (Lipinski definition) is 2. The second kappa shape index (κ2) is 10.00. The third kappa shape index (κ3) is 4.82. The van der Waals surface area contributed by atoms with Crippen LogP contribution in [-0.4, -0.2) is 49.1 Å². The van der Waals surface area contributed by atoms with Crippen LogP contribution in [0.25, 0.3) is 0 Å². The van der Waals surface area contributed by atoms with Crippen molar-refractivity contribution in [2.45, 2.75) is 89.3 Å². The lowest BCUT2D eigenvalue weighted by molar-refractivity contribution is -0.403. The standard InChI is InChI=1S/C22H30F12O2/c1-5-7-35-17(19(23,24)25,20(26,27)28)10-13-9-14-11(3)12(4)15(13)16(14)18(21(29,30)31,22(32,33)34)36-8-6-2/h11-16H,5-10H2,1-4H3. The fraction of sp³-hybridized carbons (Fsp3) is 1.00. The maximum Gasteiger partial charge on any atom is 0.426 e. The van der Waals surface area contributed by atoms with E-state index in [1.54, 1.807) is 0 Å². The van der Waals surface area contributed by atoms with E-state index in [1.807, 2.05) is 0 Å². The van der Waals surface area contributed by atoms with Crippen LogP contribution in [0.4, 0.5) is 52.7 Å². The molecule has 2 nitrogen and oxygen atoms in total. The van der Waals surface area contributed by atoms with Crippen LogP contribution in [0.1, 0.15) is 53.4 Å². The van der Waals surface area contributed by atoms with Gasteiger partial charge in [-0.25, -0.2) is 0 Å². The van der Waals surface area contributed by atoms with Gasteiger partial charge in [0.2, 0.25) is 0 Å². The molecule has 2 bridgehead atoms. The van der Waals surface area contributed by atoms with Crippen LogP contribution in [0, 0.1) is 35.5 Å². The fourth-order valence-electron chi connectivity index (χ4n) is 6.38. The Morgan fingerprint density at radius 3 is 1.47 bits per heavy atom. The number of fused-ring (bicyclic) bond motifs is 2. The zero-order valence-electron chi connectivity index (χ0n) is 20.1. The smallest absolute Gasteiger partial charge is 0.358 e. The molecule has 6 atom stereocenters. The number of halogens is 12. The third-order valence-corrected chi connectivity index (χ3v) is 7.97. The highest BCUT2D eigenvalue weighted by Crippen LogP contribution is 2.69. The van der Waals surface area contributed by atoms with Crippen molar-refractivity contribution in [1.29, 1.82) is 0 Å². The monoisotopic (exact) mass is 554 g/mol. The summed E-state index contributed by atoms with van der Waals surface area (Å²) in [5.41, 5.74) is -9.44. The number of alkyl halides is 12. The summed E-state index contributed by atoms with van der Waals surface area (Å²) < 4.78 is 178. The molecule has 0 saturated heterocycles. The first-order valence-electron chi connectivity index (χ1n) is 11.7. The van der Waals surface area contributed by atoms with E-state index < -0.39 is 97.5 Å². The van der Waals surface area contributed by atoms with Crippen LogP contribution in [0.2, 0.25) is 0 Å². The van der Waals surface area contributed by atoms with Crippen LogP contribution >= 0.6 is 0 Å². The number of rotatable bonds is 9. The van der Waals surface area contributed by atoms with E-state index in [0.717, 1.165) is 0 Å². The molecule has 0 spiro atoms. The molecule has 214 valence electrons. The highest BCUT2D eigenvalue weighted by Gasteiger charge is 2.82. The van der Waals surface area contributed by atoms with Crippen molar-refractivity contribution < 1.29 is 62.2 Å². The van der Waals surface area contributed by atoms with Crippen LogP contribution < -0.4 is 0 Å². The highest BCUT2D eigenvalue weighted by molar-refractivity contribution is 5.16. The molecule has 2 fully saturated rings. The Morgan fingerprint density at radius 1 is 0.639 bits per heavy atom. The molecule has 0 aromatic rings. The van der Waals surface area contributed by atoms with Gasteiger partial charge in [0.1, 0.15) is 0 Å². The van der Waals surface area contributed by atoms with Crippen molar-refractivity contribution in [3.63, 3.8) is 0 Å². The van der Waals surface area contributed by atoms with E-state index in [9.17, 15) is 52.7 Å². The predicted molar refractivity (Wildman–Crippen MR) is 104 cm³/mol. The van der Waals surface area contributed by atoms with E-state index in [1.165, 1.54) is 27.7 Å². The predicted octanol–water partition coefficient (Wildman–Crippen LogP) is 8.11. The minimum absolute atomic E-state index is 0.222. The quantitative estimate of drug-likeness (QED) is 0.268. The van der Waals surface area contributed by atoms with E-state index in [-0.39, 0.29) is 12.8 Å². The first-order valence-corrected chi connectivity index (χ1v) is 11.7. The highest BCUT2D eigenvalue weighted by atomic mass is 19.4. The third-order valence-electron chi connectivity index (χ3n) is 7.97. The topological polar surface area (TPSA) is 18.5 Å². The number of hydrogen-bond donors (Lipinski definition) is 0. The molecule has 0 aromatic heterocycles. The van der Waals surface area contributed by atoms with Crippen LogP contribution in [0.15, 0.2) is 0 Å². The van der Waals surface area contributed by atoms with E-state index in [2.05, 4.69) is 9.47 Å². The molecule has 0 radical (unpaired) electrons. The number of ether oxygens (including phenoxy) is 2. The van der Waals surface area contributed by atoms with Crippen molar-refractivity contribution in [1.82, 2.24) is 0 Å². The van der Waals surface area contributed by atoms with Gasteiger partial charge >= 0.3 is 24.7 Å². The summed E-state index contributed by atoms with van der Waals surface area (Å²) >= 11 is 0. The van der Waals surface area contributed by atoms with Gasteiger partial charge in [0.05, 0.1) is 0 Å². The van der Waals surface area contributed by atoms with E-state index in [0.29, 0.717) is 0 Å². The van der Waals surface area contributed by atoms with Crippen molar-refractivity contribution in [2.75, 3.05) is 13.2 Å². The lowest BCUT2D eigenvalue weighted by atomic mass is 9.70. The first kappa shape index (κ1) is 31.3. The molecule has 0 N–H and O–H groups in total. The lowest BCUT2D eigenvalue weighted by Crippen LogP contribution is -2.65. The summed E-state index contributed by atoms with van der Waals surface area (Å²) in [5, 5.41) is 0. The Labute approximate surface area is 201 Å². The molecule has 2 rings (SSSR count). The van der Waals surface area contributed by atoms with Gasteiger partial charge in [-0.3, -0.25) is 0 Å². The van der Waals surface area contributed by atoms with Crippen molar-refractivity contribution >= 4 is 0 Å². The average molecular weight is 554 g/mol. The maximum absolute atomic E-state index is 14.3. The first-order chi connectivity index (χ1) is 16.1. The molecule has 2 saturated carbocycles. The van der Waals surface area contributed by atoms with Crippen molar-refractivity contribution in [3.05, 3.63) is 0 Å². The molecular weight excluding hydrogens is 524 g/mol. The molecule has 6 unspecified atom stereocenters. The van der Waals surface area contributed by atoms with Crippen LogP contribution in [0.5, 0.6) is 0 Å². The Bertz CT molecular complexity index is 711. The molecular formula is C22H30F12O2. The van der Waals surface area contributed by atoms with Crippen molar-refractivity contribution in [2.24, 2.45) is 35.5 Å². The Balaban J connectivity index is 2.68. The van der Waals surface area contributed by atoms with Crippen molar-refractivity contribution in [3.8, 4) is 0 Å². The second-order valence-electron chi connectivity index (χ2n) is 9.94. The summed E-state index contributed by atoms with van der Waals surface area (Å²) in [4.78, 5) is 0. The summed E-state index contributed by atoms with van der Waals surface area (Å²) in [7, 11) is 0. The van der Waals surface area contributed by atoms with Crippen LogP contribution in [0.3, 0.4) is 0 Å². The minimum Gasteiger partial charge on any atom is -0.358 e. The zero-order valence-corrected chi connectivity index (χ0v) is 20.1. The van der Waals surface area contributed by atoms with E-state index in [4.69, 9.17) is 0 Å². The summed E-state index contributed by atoms with van der Waals surface area (Å²) in [6.45, 7) is 3.27. The van der Waals surface area contributed by atoms with Gasteiger partial charge in [0.15, 0.2) is 0 Å². The summed E-state index contributed by atoms with van der Waals surface area (Å²) in [6, 6.07) is 0. The Morgan fingerprint density at radius 2 is 1.08 bits per heavy atom. The van der Waals surface area contributed by atoms with Gasteiger partial charge in [-0.15, -0.1) is 0 Å². The van der Waals surface area contributed by atoms with Gasteiger partial charge < -0.3 is 9.47 Å². The lowest BCUT2D eigenvalue weighted by Gasteiger charge is -2.45. The van der Waals surface area contributed by atoms with E-state index >= 15 is 0 Å². The molecule has 14 heteroatoms. The normalized spacial score (nSPS) is 30.3. The minimum atomic E-state index is -6.01.